The van der Waals surface area contributed by atoms with Crippen LogP contribution in [0.15, 0.2) is 83.8 Å². The summed E-state index contributed by atoms with van der Waals surface area (Å²) >= 11 is 1.59. The second kappa shape index (κ2) is 9.40. The fourth-order valence-corrected chi connectivity index (χ4v) is 3.70. The molecule has 4 aromatic rings. The first-order chi connectivity index (χ1) is 15.1. The zero-order valence-corrected chi connectivity index (χ0v) is 18.0. The molecule has 0 unspecified atom stereocenters. The molecule has 1 N–H and O–H groups in total. The summed E-state index contributed by atoms with van der Waals surface area (Å²) in [6, 6.07) is 15.4. The summed E-state index contributed by atoms with van der Waals surface area (Å²) < 4.78 is 3.80. The molecule has 2 heterocycles. The number of aryl methyl sites for hydroxylation is 1. The number of aromatic nitrogens is 5. The van der Waals surface area contributed by atoms with Gasteiger partial charge in [0.05, 0.1) is 12.0 Å². The van der Waals surface area contributed by atoms with Crippen LogP contribution < -0.4 is 5.43 Å². The van der Waals surface area contributed by atoms with Crippen molar-refractivity contribution in [2.75, 3.05) is 0 Å². The second-order valence-electron chi connectivity index (χ2n) is 6.86. The van der Waals surface area contributed by atoms with Crippen LogP contribution in [-0.4, -0.2) is 35.9 Å². The van der Waals surface area contributed by atoms with E-state index in [4.69, 9.17) is 0 Å². The minimum absolute atomic E-state index is 0.248. The Morgan fingerprint density at radius 3 is 2.45 bits per heavy atom. The standard InChI is InChI=1S/C22H21N7OS/c1-16(18-7-9-20(10-8-18)29-12-11-23-14-29)25-26-21(30)19-5-3-17(4-6-19)13-31-22-27-24-15-28(22)2/h3-12,14-15H,13H2,1-2H3,(H,26,30). The molecule has 0 saturated carbocycles. The van der Waals surface area contributed by atoms with Gasteiger partial charge in [0.2, 0.25) is 0 Å². The van der Waals surface area contributed by atoms with Crippen molar-refractivity contribution in [1.82, 2.24) is 29.7 Å². The molecule has 0 atom stereocenters. The van der Waals surface area contributed by atoms with Crippen molar-refractivity contribution in [3.05, 3.63) is 90.3 Å². The second-order valence-corrected chi connectivity index (χ2v) is 7.81. The number of carbonyl (C=O) groups is 1. The Morgan fingerprint density at radius 1 is 1.06 bits per heavy atom. The van der Waals surface area contributed by atoms with E-state index >= 15 is 0 Å². The summed E-state index contributed by atoms with van der Waals surface area (Å²) in [4.78, 5) is 16.5. The highest BCUT2D eigenvalue weighted by Crippen LogP contribution is 2.20. The largest absolute Gasteiger partial charge is 0.312 e. The molecule has 4 rings (SSSR count). The Hall–Kier alpha value is -3.72. The number of carbonyl (C=O) groups excluding carboxylic acids is 1. The molecule has 0 bridgehead atoms. The third kappa shape index (κ3) is 5.07. The number of amides is 1. The first-order valence-corrected chi connectivity index (χ1v) is 10.6. The summed E-state index contributed by atoms with van der Waals surface area (Å²) in [5.74, 6) is 0.503. The predicted octanol–water partition coefficient (Wildman–Crippen LogP) is 3.45. The summed E-state index contributed by atoms with van der Waals surface area (Å²) in [6.45, 7) is 1.86. The minimum Gasteiger partial charge on any atom is -0.312 e. The molecule has 31 heavy (non-hydrogen) atoms. The highest BCUT2D eigenvalue weighted by atomic mass is 32.2. The Bertz CT molecular complexity index is 1180. The lowest BCUT2D eigenvalue weighted by atomic mass is 10.1. The van der Waals surface area contributed by atoms with Crippen molar-refractivity contribution < 1.29 is 4.79 Å². The number of hydrogen-bond acceptors (Lipinski definition) is 6. The van der Waals surface area contributed by atoms with Gasteiger partial charge in [0.1, 0.15) is 6.33 Å². The van der Waals surface area contributed by atoms with E-state index in [1.165, 1.54) is 0 Å². The first-order valence-electron chi connectivity index (χ1n) is 9.59. The Balaban J connectivity index is 1.34. The molecule has 0 aliphatic rings. The molecule has 0 aliphatic carbocycles. The molecule has 2 aromatic heterocycles. The van der Waals surface area contributed by atoms with Gasteiger partial charge in [-0.2, -0.15) is 5.10 Å². The zero-order chi connectivity index (χ0) is 21.6. The summed E-state index contributed by atoms with van der Waals surface area (Å²) in [5, 5.41) is 13.0. The maximum Gasteiger partial charge on any atom is 0.271 e. The van der Waals surface area contributed by atoms with Crippen LogP contribution in [0.25, 0.3) is 5.69 Å². The van der Waals surface area contributed by atoms with E-state index in [0.29, 0.717) is 5.56 Å². The van der Waals surface area contributed by atoms with Gasteiger partial charge in [-0.3, -0.25) is 4.79 Å². The van der Waals surface area contributed by atoms with E-state index in [2.05, 4.69) is 25.7 Å². The van der Waals surface area contributed by atoms with Gasteiger partial charge in [0.25, 0.3) is 5.91 Å². The van der Waals surface area contributed by atoms with Gasteiger partial charge in [-0.25, -0.2) is 10.4 Å². The number of imidazole rings is 1. The number of hydrazone groups is 1. The SMILES string of the molecule is CC(=NNC(=O)c1ccc(CSc2nncn2C)cc1)c1ccc(-n2ccnc2)cc1. The van der Waals surface area contributed by atoms with Crippen LogP contribution in [0.3, 0.4) is 0 Å². The van der Waals surface area contributed by atoms with Crippen molar-refractivity contribution in [3.63, 3.8) is 0 Å². The fraction of sp³-hybridized carbons (Fsp3) is 0.136. The predicted molar refractivity (Wildman–Crippen MR) is 120 cm³/mol. The maximum atomic E-state index is 12.4. The Morgan fingerprint density at radius 2 is 1.81 bits per heavy atom. The summed E-state index contributed by atoms with van der Waals surface area (Å²) in [5.41, 5.74) is 6.95. The van der Waals surface area contributed by atoms with Crippen molar-refractivity contribution in [2.45, 2.75) is 17.8 Å². The minimum atomic E-state index is -0.248. The lowest BCUT2D eigenvalue weighted by Crippen LogP contribution is -2.19. The monoisotopic (exact) mass is 431 g/mol. The molecule has 0 radical (unpaired) electrons. The number of nitrogens with one attached hydrogen (secondary N) is 1. The Labute approximate surface area is 184 Å². The normalized spacial score (nSPS) is 11.5. The van der Waals surface area contributed by atoms with Crippen molar-refractivity contribution >= 4 is 23.4 Å². The van der Waals surface area contributed by atoms with E-state index in [1.807, 2.05) is 65.7 Å². The first kappa shape index (κ1) is 20.5. The highest BCUT2D eigenvalue weighted by Gasteiger charge is 2.07. The van der Waals surface area contributed by atoms with Crippen LogP contribution in [0.2, 0.25) is 0 Å². The van der Waals surface area contributed by atoms with E-state index in [1.54, 1.807) is 42.7 Å². The van der Waals surface area contributed by atoms with Gasteiger partial charge in [-0.15, -0.1) is 10.2 Å². The van der Waals surface area contributed by atoms with Crippen LogP contribution in [0.4, 0.5) is 0 Å². The zero-order valence-electron chi connectivity index (χ0n) is 17.1. The topological polar surface area (TPSA) is 90.0 Å². The molecule has 2 aromatic carbocycles. The van der Waals surface area contributed by atoms with E-state index in [-0.39, 0.29) is 5.91 Å². The molecule has 156 valence electrons. The van der Waals surface area contributed by atoms with Crippen LogP contribution in [0, 0.1) is 0 Å². The molecule has 8 nitrogen and oxygen atoms in total. The molecule has 0 fully saturated rings. The van der Waals surface area contributed by atoms with Gasteiger partial charge in [0.15, 0.2) is 5.16 Å². The lowest BCUT2D eigenvalue weighted by molar-refractivity contribution is 0.0955. The van der Waals surface area contributed by atoms with Gasteiger partial charge in [-0.1, -0.05) is 36.0 Å². The van der Waals surface area contributed by atoms with Gasteiger partial charge >= 0.3 is 0 Å². The van der Waals surface area contributed by atoms with Crippen molar-refractivity contribution in [3.8, 4) is 5.69 Å². The van der Waals surface area contributed by atoms with Crippen LogP contribution in [0.5, 0.6) is 0 Å². The number of hydrogen-bond donors (Lipinski definition) is 1. The molecule has 0 aliphatic heterocycles. The van der Waals surface area contributed by atoms with Crippen molar-refractivity contribution in [1.29, 1.82) is 0 Å². The van der Waals surface area contributed by atoms with Crippen LogP contribution in [0.1, 0.15) is 28.4 Å². The van der Waals surface area contributed by atoms with Crippen molar-refractivity contribution in [2.24, 2.45) is 12.1 Å². The van der Waals surface area contributed by atoms with Gasteiger partial charge in [0, 0.05) is 36.4 Å². The fourth-order valence-electron chi connectivity index (χ4n) is 2.85. The highest BCUT2D eigenvalue weighted by molar-refractivity contribution is 7.98. The lowest BCUT2D eigenvalue weighted by Gasteiger charge is -2.06. The quantitative estimate of drug-likeness (QED) is 0.275. The van der Waals surface area contributed by atoms with Crippen LogP contribution >= 0.6 is 11.8 Å². The Kier molecular flexibility index (Phi) is 6.23. The van der Waals surface area contributed by atoms with E-state index in [0.717, 1.165) is 33.4 Å². The number of rotatable bonds is 7. The summed E-state index contributed by atoms with van der Waals surface area (Å²) in [6.07, 6.45) is 7.04. The number of nitrogens with zero attached hydrogens (tertiary/aromatic N) is 6. The molecule has 1 amide bonds. The average Bonchev–Trinajstić information content (AvgIpc) is 3.48. The molecule has 0 spiro atoms. The van der Waals surface area contributed by atoms with E-state index < -0.39 is 0 Å². The summed E-state index contributed by atoms with van der Waals surface area (Å²) in [7, 11) is 1.91. The average molecular weight is 432 g/mol. The molecular weight excluding hydrogens is 410 g/mol. The van der Waals surface area contributed by atoms with E-state index in [9.17, 15) is 4.79 Å². The number of benzene rings is 2. The van der Waals surface area contributed by atoms with Crippen LogP contribution in [-0.2, 0) is 12.8 Å². The smallest absolute Gasteiger partial charge is 0.271 e. The van der Waals surface area contributed by atoms with Gasteiger partial charge < -0.3 is 9.13 Å². The molecule has 0 saturated heterocycles. The maximum absolute atomic E-state index is 12.4. The van der Waals surface area contributed by atoms with Gasteiger partial charge in [-0.05, 0) is 42.3 Å². The third-order valence-corrected chi connectivity index (χ3v) is 5.77. The number of thioether (sulfide) groups is 1. The third-order valence-electron chi connectivity index (χ3n) is 4.67. The molecule has 9 heteroatoms. The molecular formula is C22H21N7OS.